The summed E-state index contributed by atoms with van der Waals surface area (Å²) in [4.78, 5) is 0. The number of rotatable bonds is 0. The molecule has 1 radical (unpaired) electrons. The second-order valence-electron chi connectivity index (χ2n) is 1.30. The molecule has 0 fully saturated rings. The van der Waals surface area contributed by atoms with Crippen molar-refractivity contribution in [1.82, 2.24) is 0 Å². The monoisotopic (exact) mass is 309 g/mol. The molecule has 2 heteroatoms. The summed E-state index contributed by atoms with van der Waals surface area (Å²) in [5.41, 5.74) is 0. The van der Waals surface area contributed by atoms with Crippen LogP contribution in [0, 0.1) is 0 Å². The molecule has 0 bridgehead atoms. The first-order valence-electron chi connectivity index (χ1n) is 2.10. The largest absolute Gasteiger partial charge is 0.0843 e. The van der Waals surface area contributed by atoms with Crippen molar-refractivity contribution >= 4 is 11.6 Å². The minimum absolute atomic E-state index is 0. The van der Waals surface area contributed by atoms with E-state index in [1.807, 2.05) is 30.3 Å². The van der Waals surface area contributed by atoms with Gasteiger partial charge in [0, 0.05) is 27.4 Å². The maximum absolute atomic E-state index is 5.54. The molecule has 0 nitrogen and oxygen atoms in total. The van der Waals surface area contributed by atoms with E-state index >= 15 is 0 Å². The van der Waals surface area contributed by atoms with Crippen LogP contribution in [0.4, 0.5) is 0 Å². The van der Waals surface area contributed by atoms with Crippen molar-refractivity contribution in [2.45, 2.75) is 0 Å². The van der Waals surface area contributed by atoms with E-state index < -0.39 is 0 Å². The Bertz CT molecular complexity index is 138. The first kappa shape index (κ1) is 8.25. The number of halogens is 1. The third-order valence-corrected chi connectivity index (χ3v) is 0.985. The topological polar surface area (TPSA) is 0 Å². The molecule has 0 amide bonds. The van der Waals surface area contributed by atoms with Gasteiger partial charge in [0.25, 0.3) is 0 Å². The molecule has 0 spiro atoms. The third kappa shape index (κ3) is 2.53. The van der Waals surface area contributed by atoms with E-state index in [9.17, 15) is 0 Å². The van der Waals surface area contributed by atoms with Gasteiger partial charge in [-0.15, -0.1) is 0 Å². The fraction of sp³-hybridized carbons (Fsp3) is 0. The smallest absolute Gasteiger partial charge is 0.0405 e. The number of hydrogen-bond donors (Lipinski definition) is 0. The Labute approximate surface area is 69.4 Å². The molecule has 0 saturated heterocycles. The first-order chi connectivity index (χ1) is 3.39. The zero-order valence-electron chi connectivity index (χ0n) is 4.07. The van der Waals surface area contributed by atoms with Gasteiger partial charge in [0.2, 0.25) is 0 Å². The zero-order chi connectivity index (χ0) is 5.11. The van der Waals surface area contributed by atoms with Crippen LogP contribution in [0.25, 0.3) is 0 Å². The molecule has 47 valence electrons. The zero-order valence-corrected chi connectivity index (χ0v) is 6.99. The van der Waals surface area contributed by atoms with Crippen molar-refractivity contribution in [2.24, 2.45) is 0 Å². The summed E-state index contributed by atoms with van der Waals surface area (Å²) in [6, 6.07) is 9.44. The first-order valence-corrected chi connectivity index (χ1v) is 2.48. The standard InChI is InChI=1S/C6H5Cl.Au/c7-6-4-2-1-3-5-6;/h1-5H;. The van der Waals surface area contributed by atoms with Crippen LogP contribution in [0.1, 0.15) is 0 Å². The van der Waals surface area contributed by atoms with E-state index in [0.29, 0.717) is 0 Å². The fourth-order valence-electron chi connectivity index (χ4n) is 0.415. The minimum atomic E-state index is 0. The van der Waals surface area contributed by atoms with Crippen molar-refractivity contribution in [3.63, 3.8) is 0 Å². The quantitative estimate of drug-likeness (QED) is 0.645. The van der Waals surface area contributed by atoms with Gasteiger partial charge in [0.05, 0.1) is 0 Å². The average Bonchev–Trinajstić information content (AvgIpc) is 1.69. The molecule has 0 N–H and O–H groups in total. The van der Waals surface area contributed by atoms with Gasteiger partial charge >= 0.3 is 0 Å². The van der Waals surface area contributed by atoms with Crippen LogP contribution < -0.4 is 0 Å². The SMILES string of the molecule is Clc1ccccc1.[Au]. The van der Waals surface area contributed by atoms with Gasteiger partial charge in [-0.1, -0.05) is 29.8 Å². The molecule has 0 aliphatic heterocycles. The van der Waals surface area contributed by atoms with Crippen molar-refractivity contribution in [3.8, 4) is 0 Å². The van der Waals surface area contributed by atoms with E-state index in [0.717, 1.165) is 5.02 Å². The Morgan fingerprint density at radius 2 is 1.50 bits per heavy atom. The summed E-state index contributed by atoms with van der Waals surface area (Å²) in [7, 11) is 0. The van der Waals surface area contributed by atoms with Gasteiger partial charge in [-0.05, 0) is 12.1 Å². The van der Waals surface area contributed by atoms with Gasteiger partial charge in [-0.25, -0.2) is 0 Å². The molecule has 0 aliphatic carbocycles. The van der Waals surface area contributed by atoms with Gasteiger partial charge < -0.3 is 0 Å². The van der Waals surface area contributed by atoms with Crippen LogP contribution >= 0.6 is 11.6 Å². The molecule has 0 atom stereocenters. The molecule has 1 rings (SSSR count). The normalized spacial score (nSPS) is 7.62. The van der Waals surface area contributed by atoms with Crippen molar-refractivity contribution < 1.29 is 22.4 Å². The van der Waals surface area contributed by atoms with Crippen LogP contribution in [0.3, 0.4) is 0 Å². The van der Waals surface area contributed by atoms with Gasteiger partial charge in [-0.2, -0.15) is 0 Å². The predicted octanol–water partition coefficient (Wildman–Crippen LogP) is 2.34. The predicted molar refractivity (Wildman–Crippen MR) is 31.5 cm³/mol. The maximum Gasteiger partial charge on any atom is 0.0405 e. The van der Waals surface area contributed by atoms with E-state index in [-0.39, 0.29) is 22.4 Å². The molecular weight excluding hydrogens is 304 g/mol. The van der Waals surface area contributed by atoms with Crippen LogP contribution in [0.15, 0.2) is 30.3 Å². The Morgan fingerprint density at radius 3 is 1.75 bits per heavy atom. The van der Waals surface area contributed by atoms with Crippen molar-refractivity contribution in [3.05, 3.63) is 35.4 Å². The Hall–Kier alpha value is 0.250. The molecule has 1 aromatic carbocycles. The molecule has 1 aromatic rings. The van der Waals surface area contributed by atoms with Gasteiger partial charge in [-0.3, -0.25) is 0 Å². The maximum atomic E-state index is 5.54. The summed E-state index contributed by atoms with van der Waals surface area (Å²) >= 11 is 5.54. The Morgan fingerprint density at radius 1 is 1.00 bits per heavy atom. The fourth-order valence-corrected chi connectivity index (χ4v) is 0.560. The summed E-state index contributed by atoms with van der Waals surface area (Å²) in [5, 5.41) is 0.794. The Balaban J connectivity index is 0.000000490. The molecule has 0 heterocycles. The van der Waals surface area contributed by atoms with Crippen molar-refractivity contribution in [1.29, 1.82) is 0 Å². The number of benzene rings is 1. The van der Waals surface area contributed by atoms with Crippen LogP contribution in [0.2, 0.25) is 5.02 Å². The van der Waals surface area contributed by atoms with Crippen LogP contribution in [-0.4, -0.2) is 0 Å². The summed E-state index contributed by atoms with van der Waals surface area (Å²) in [6.45, 7) is 0. The van der Waals surface area contributed by atoms with Crippen LogP contribution in [-0.2, 0) is 22.4 Å². The Kier molecular flexibility index (Phi) is 4.29. The molecule has 0 unspecified atom stereocenters. The van der Waals surface area contributed by atoms with Gasteiger partial charge in [0.15, 0.2) is 0 Å². The summed E-state index contributed by atoms with van der Waals surface area (Å²) in [5.74, 6) is 0. The summed E-state index contributed by atoms with van der Waals surface area (Å²) in [6.07, 6.45) is 0. The summed E-state index contributed by atoms with van der Waals surface area (Å²) < 4.78 is 0. The van der Waals surface area contributed by atoms with E-state index in [1.54, 1.807) is 0 Å². The molecular formula is C6H5AuCl. The van der Waals surface area contributed by atoms with Gasteiger partial charge in [0.1, 0.15) is 0 Å². The number of hydrogen-bond acceptors (Lipinski definition) is 0. The average molecular weight is 310 g/mol. The second-order valence-corrected chi connectivity index (χ2v) is 1.73. The van der Waals surface area contributed by atoms with Crippen LogP contribution in [0.5, 0.6) is 0 Å². The van der Waals surface area contributed by atoms with E-state index in [1.165, 1.54) is 0 Å². The molecule has 0 aliphatic rings. The third-order valence-electron chi connectivity index (χ3n) is 0.733. The van der Waals surface area contributed by atoms with E-state index in [2.05, 4.69) is 0 Å². The second kappa shape index (κ2) is 4.16. The molecule has 0 aromatic heterocycles. The minimum Gasteiger partial charge on any atom is -0.0843 e. The van der Waals surface area contributed by atoms with Crippen molar-refractivity contribution in [2.75, 3.05) is 0 Å². The molecule has 0 saturated carbocycles. The van der Waals surface area contributed by atoms with E-state index in [4.69, 9.17) is 11.6 Å². The molecule has 8 heavy (non-hydrogen) atoms.